The van der Waals surface area contributed by atoms with Crippen LogP contribution in [-0.2, 0) is 4.79 Å². The number of nitrogens with two attached hydrogens (primary N) is 1. The molecule has 0 saturated carbocycles. The Kier molecular flexibility index (Phi) is 5.77. The molecule has 1 aliphatic rings. The molecule has 1 aliphatic heterocycles. The van der Waals surface area contributed by atoms with E-state index in [2.05, 4.69) is 5.32 Å². The van der Waals surface area contributed by atoms with Gasteiger partial charge in [-0.2, -0.15) is 0 Å². The first-order chi connectivity index (χ1) is 10.9. The first kappa shape index (κ1) is 17.5. The van der Waals surface area contributed by atoms with Crippen molar-refractivity contribution in [3.05, 3.63) is 35.4 Å². The van der Waals surface area contributed by atoms with E-state index < -0.39 is 6.04 Å². The molecule has 0 bridgehead atoms. The average Bonchev–Trinajstić information content (AvgIpc) is 3.01. The van der Waals surface area contributed by atoms with Crippen LogP contribution in [0.15, 0.2) is 24.3 Å². The minimum atomic E-state index is -0.501. The SMILES string of the molecule is Cc1ccccc1C(=O)NC(C(=O)N1CCC(CN)C1)C(C)C. The molecule has 0 aliphatic carbocycles. The highest BCUT2D eigenvalue weighted by atomic mass is 16.2. The fourth-order valence-corrected chi connectivity index (χ4v) is 2.98. The Labute approximate surface area is 138 Å². The number of aryl methyl sites for hydroxylation is 1. The zero-order valence-electron chi connectivity index (χ0n) is 14.2. The molecule has 1 fully saturated rings. The van der Waals surface area contributed by atoms with Crippen LogP contribution in [0.5, 0.6) is 0 Å². The van der Waals surface area contributed by atoms with Crippen molar-refractivity contribution < 1.29 is 9.59 Å². The molecule has 2 amide bonds. The zero-order chi connectivity index (χ0) is 17.0. The normalized spacial score (nSPS) is 19.0. The van der Waals surface area contributed by atoms with Gasteiger partial charge in [-0.25, -0.2) is 0 Å². The number of hydrogen-bond acceptors (Lipinski definition) is 3. The van der Waals surface area contributed by atoms with Crippen LogP contribution in [0, 0.1) is 18.8 Å². The Hall–Kier alpha value is -1.88. The van der Waals surface area contributed by atoms with E-state index in [4.69, 9.17) is 5.73 Å². The minimum absolute atomic E-state index is 0.00196. The Morgan fingerprint density at radius 1 is 1.35 bits per heavy atom. The topological polar surface area (TPSA) is 75.4 Å². The van der Waals surface area contributed by atoms with Crippen LogP contribution in [0.4, 0.5) is 0 Å². The van der Waals surface area contributed by atoms with Gasteiger partial charge in [-0.3, -0.25) is 9.59 Å². The average molecular weight is 317 g/mol. The van der Waals surface area contributed by atoms with E-state index in [1.54, 1.807) is 6.07 Å². The zero-order valence-corrected chi connectivity index (χ0v) is 14.2. The Balaban J connectivity index is 2.08. The van der Waals surface area contributed by atoms with E-state index in [-0.39, 0.29) is 17.7 Å². The maximum absolute atomic E-state index is 12.8. The summed E-state index contributed by atoms with van der Waals surface area (Å²) in [7, 11) is 0. The molecule has 2 rings (SSSR count). The van der Waals surface area contributed by atoms with Crippen molar-refractivity contribution in [2.24, 2.45) is 17.6 Å². The summed E-state index contributed by atoms with van der Waals surface area (Å²) in [5.74, 6) is 0.217. The summed E-state index contributed by atoms with van der Waals surface area (Å²) in [6.07, 6.45) is 0.943. The lowest BCUT2D eigenvalue weighted by Crippen LogP contribution is -2.50. The van der Waals surface area contributed by atoms with Crippen molar-refractivity contribution in [2.45, 2.75) is 33.2 Å². The number of nitrogens with zero attached hydrogens (tertiary/aromatic N) is 1. The fourth-order valence-electron chi connectivity index (χ4n) is 2.98. The van der Waals surface area contributed by atoms with Gasteiger partial charge in [0, 0.05) is 18.7 Å². The van der Waals surface area contributed by atoms with E-state index in [9.17, 15) is 9.59 Å². The molecule has 5 nitrogen and oxygen atoms in total. The molecule has 1 heterocycles. The highest BCUT2D eigenvalue weighted by Gasteiger charge is 2.33. The third-order valence-electron chi connectivity index (χ3n) is 4.54. The first-order valence-corrected chi connectivity index (χ1v) is 8.29. The summed E-state index contributed by atoms with van der Waals surface area (Å²) in [6, 6.07) is 6.91. The number of hydrogen-bond donors (Lipinski definition) is 2. The highest BCUT2D eigenvalue weighted by molar-refractivity contribution is 5.98. The predicted molar refractivity (Wildman–Crippen MR) is 91.0 cm³/mol. The lowest BCUT2D eigenvalue weighted by Gasteiger charge is -2.27. The molecule has 2 atom stereocenters. The number of carbonyl (C=O) groups excluding carboxylic acids is 2. The van der Waals surface area contributed by atoms with Gasteiger partial charge in [0.1, 0.15) is 6.04 Å². The minimum Gasteiger partial charge on any atom is -0.341 e. The maximum Gasteiger partial charge on any atom is 0.252 e. The van der Waals surface area contributed by atoms with Crippen molar-refractivity contribution in [3.63, 3.8) is 0 Å². The molecule has 5 heteroatoms. The predicted octanol–water partition coefficient (Wildman–Crippen LogP) is 1.56. The summed E-state index contributed by atoms with van der Waals surface area (Å²) in [5.41, 5.74) is 7.22. The van der Waals surface area contributed by atoms with Gasteiger partial charge < -0.3 is 16.0 Å². The van der Waals surface area contributed by atoms with Crippen molar-refractivity contribution in [3.8, 4) is 0 Å². The molecular weight excluding hydrogens is 290 g/mol. The molecule has 1 aromatic rings. The summed E-state index contributed by atoms with van der Waals surface area (Å²) in [5, 5.41) is 2.92. The monoisotopic (exact) mass is 317 g/mol. The van der Waals surface area contributed by atoms with Crippen LogP contribution >= 0.6 is 0 Å². The number of amides is 2. The summed E-state index contributed by atoms with van der Waals surface area (Å²) < 4.78 is 0. The standard InChI is InChI=1S/C18H27N3O2/c1-12(2)16(18(23)21-9-8-14(10-19)11-21)20-17(22)15-7-5-4-6-13(15)3/h4-7,12,14,16H,8-11,19H2,1-3H3,(H,20,22). The number of rotatable bonds is 5. The molecule has 1 saturated heterocycles. The van der Waals surface area contributed by atoms with Gasteiger partial charge in [0.2, 0.25) is 5.91 Å². The van der Waals surface area contributed by atoms with E-state index in [1.807, 2.05) is 43.9 Å². The smallest absolute Gasteiger partial charge is 0.252 e. The van der Waals surface area contributed by atoms with Crippen molar-refractivity contribution in [1.82, 2.24) is 10.2 Å². The lowest BCUT2D eigenvalue weighted by atomic mass is 10.0. The van der Waals surface area contributed by atoms with E-state index in [0.29, 0.717) is 24.6 Å². The molecule has 1 aromatic carbocycles. The second kappa shape index (κ2) is 7.59. The van der Waals surface area contributed by atoms with Crippen LogP contribution in [0.3, 0.4) is 0 Å². The van der Waals surface area contributed by atoms with E-state index >= 15 is 0 Å². The van der Waals surface area contributed by atoms with Crippen LogP contribution in [0.1, 0.15) is 36.2 Å². The number of likely N-dealkylation sites (tertiary alicyclic amines) is 1. The van der Waals surface area contributed by atoms with E-state index in [0.717, 1.165) is 18.5 Å². The molecule has 23 heavy (non-hydrogen) atoms. The van der Waals surface area contributed by atoms with Crippen LogP contribution in [-0.4, -0.2) is 42.4 Å². The third-order valence-corrected chi connectivity index (χ3v) is 4.54. The number of benzene rings is 1. The van der Waals surface area contributed by atoms with Crippen LogP contribution < -0.4 is 11.1 Å². The van der Waals surface area contributed by atoms with Crippen LogP contribution in [0.2, 0.25) is 0 Å². The number of carbonyl (C=O) groups is 2. The molecular formula is C18H27N3O2. The molecule has 0 radical (unpaired) electrons. The Morgan fingerprint density at radius 3 is 2.61 bits per heavy atom. The van der Waals surface area contributed by atoms with E-state index in [1.165, 1.54) is 0 Å². The number of nitrogens with one attached hydrogen (secondary N) is 1. The van der Waals surface area contributed by atoms with Crippen molar-refractivity contribution in [1.29, 1.82) is 0 Å². The van der Waals surface area contributed by atoms with Gasteiger partial charge in [0.25, 0.3) is 5.91 Å². The second-order valence-electron chi connectivity index (χ2n) is 6.68. The quantitative estimate of drug-likeness (QED) is 0.865. The third kappa shape index (κ3) is 4.10. The largest absolute Gasteiger partial charge is 0.341 e. The second-order valence-corrected chi connectivity index (χ2v) is 6.68. The van der Waals surface area contributed by atoms with Gasteiger partial charge in [-0.05, 0) is 43.4 Å². The maximum atomic E-state index is 12.8. The molecule has 2 unspecified atom stereocenters. The van der Waals surface area contributed by atoms with Gasteiger partial charge in [0.15, 0.2) is 0 Å². The molecule has 126 valence electrons. The molecule has 0 spiro atoms. The van der Waals surface area contributed by atoms with Crippen molar-refractivity contribution in [2.75, 3.05) is 19.6 Å². The van der Waals surface area contributed by atoms with Gasteiger partial charge in [0.05, 0.1) is 0 Å². The summed E-state index contributed by atoms with van der Waals surface area (Å²) >= 11 is 0. The first-order valence-electron chi connectivity index (χ1n) is 8.29. The molecule has 3 N–H and O–H groups in total. The Bertz CT molecular complexity index is 571. The van der Waals surface area contributed by atoms with Gasteiger partial charge >= 0.3 is 0 Å². The van der Waals surface area contributed by atoms with Gasteiger partial charge in [-0.1, -0.05) is 32.0 Å². The highest BCUT2D eigenvalue weighted by Crippen LogP contribution is 2.18. The Morgan fingerprint density at radius 2 is 2.04 bits per heavy atom. The van der Waals surface area contributed by atoms with Crippen molar-refractivity contribution >= 4 is 11.8 Å². The van der Waals surface area contributed by atoms with Crippen LogP contribution in [0.25, 0.3) is 0 Å². The lowest BCUT2D eigenvalue weighted by molar-refractivity contribution is -0.133. The fraction of sp³-hybridized carbons (Fsp3) is 0.556. The summed E-state index contributed by atoms with van der Waals surface area (Å²) in [4.78, 5) is 27.1. The molecule has 0 aromatic heterocycles. The van der Waals surface area contributed by atoms with Gasteiger partial charge in [-0.15, -0.1) is 0 Å². The summed E-state index contributed by atoms with van der Waals surface area (Å²) in [6.45, 7) is 7.83.